The van der Waals surface area contributed by atoms with Gasteiger partial charge in [-0.3, -0.25) is 9.59 Å². The number of carbonyl (C=O) groups is 3. The van der Waals surface area contributed by atoms with Crippen LogP contribution >= 0.6 is 11.6 Å². The van der Waals surface area contributed by atoms with E-state index >= 15 is 0 Å². The van der Waals surface area contributed by atoms with Crippen molar-refractivity contribution in [1.82, 2.24) is 10.6 Å². The molecule has 0 aliphatic rings. The van der Waals surface area contributed by atoms with Crippen molar-refractivity contribution < 1.29 is 24.2 Å². The Labute approximate surface area is 209 Å². The number of hydrogen-bond donors (Lipinski definition) is 3. The van der Waals surface area contributed by atoms with Crippen LogP contribution in [-0.2, 0) is 27.3 Å². The molecule has 3 N–H and O–H groups in total. The van der Waals surface area contributed by atoms with Crippen molar-refractivity contribution in [3.8, 4) is 11.1 Å². The number of carboxylic acid groups (broad SMARTS) is 1. The number of methoxy groups -OCH3 is 1. The maximum atomic E-state index is 12.7. The van der Waals surface area contributed by atoms with Gasteiger partial charge in [-0.15, -0.1) is 0 Å². The highest BCUT2D eigenvalue weighted by Gasteiger charge is 2.23. The maximum Gasteiger partial charge on any atom is 0.328 e. The Morgan fingerprint density at radius 3 is 2.34 bits per heavy atom. The van der Waals surface area contributed by atoms with E-state index in [-0.39, 0.29) is 18.4 Å². The van der Waals surface area contributed by atoms with Crippen LogP contribution < -0.4 is 10.6 Å². The molecule has 3 rings (SSSR count). The van der Waals surface area contributed by atoms with E-state index in [1.54, 1.807) is 24.3 Å². The molecule has 0 unspecified atom stereocenters. The van der Waals surface area contributed by atoms with Crippen LogP contribution in [-0.4, -0.2) is 42.6 Å². The second-order valence-corrected chi connectivity index (χ2v) is 8.31. The normalized spacial score (nSPS) is 11.5. The van der Waals surface area contributed by atoms with E-state index in [0.29, 0.717) is 18.1 Å². The van der Waals surface area contributed by atoms with Gasteiger partial charge in [0.25, 0.3) is 5.91 Å². The number of aliphatic carboxylic acids is 1. The lowest BCUT2D eigenvalue weighted by Crippen LogP contribution is -2.43. The van der Waals surface area contributed by atoms with E-state index in [9.17, 15) is 14.4 Å². The van der Waals surface area contributed by atoms with Crippen molar-refractivity contribution in [2.75, 3.05) is 13.7 Å². The average molecular weight is 495 g/mol. The molecule has 0 spiro atoms. The van der Waals surface area contributed by atoms with E-state index in [1.165, 1.54) is 7.11 Å². The molecule has 3 aromatic carbocycles. The van der Waals surface area contributed by atoms with Gasteiger partial charge in [-0.1, -0.05) is 72.3 Å². The Hall–Kier alpha value is -3.68. The SMILES string of the molecule is COC(=O)[C@H](Cc1ccc(-c2ccccc2CNCCC(=O)O)cc1)NC(=O)c1ccccc1Cl. The molecule has 8 heteroatoms. The lowest BCUT2D eigenvalue weighted by atomic mass is 9.97. The van der Waals surface area contributed by atoms with Crippen LogP contribution in [0, 0.1) is 0 Å². The Balaban J connectivity index is 1.71. The molecule has 0 saturated carbocycles. The van der Waals surface area contributed by atoms with Gasteiger partial charge in [-0.05, 0) is 34.4 Å². The van der Waals surface area contributed by atoms with Gasteiger partial charge in [-0.25, -0.2) is 4.79 Å². The fourth-order valence-corrected chi connectivity index (χ4v) is 3.87. The summed E-state index contributed by atoms with van der Waals surface area (Å²) in [5, 5.41) is 15.0. The Kier molecular flexibility index (Phi) is 9.40. The minimum absolute atomic E-state index is 0.0608. The summed E-state index contributed by atoms with van der Waals surface area (Å²) in [5.41, 5.74) is 4.19. The lowest BCUT2D eigenvalue weighted by Gasteiger charge is -2.17. The maximum absolute atomic E-state index is 12.7. The van der Waals surface area contributed by atoms with Gasteiger partial charge in [0, 0.05) is 19.5 Å². The van der Waals surface area contributed by atoms with Crippen molar-refractivity contribution in [1.29, 1.82) is 0 Å². The first-order chi connectivity index (χ1) is 16.9. The summed E-state index contributed by atoms with van der Waals surface area (Å²) >= 11 is 6.11. The number of benzene rings is 3. The highest BCUT2D eigenvalue weighted by Crippen LogP contribution is 2.24. The number of halogens is 1. The van der Waals surface area contributed by atoms with Crippen LogP contribution in [0.2, 0.25) is 5.02 Å². The number of amides is 1. The quantitative estimate of drug-likeness (QED) is 0.274. The summed E-state index contributed by atoms with van der Waals surface area (Å²) in [5.74, 6) is -1.84. The highest BCUT2D eigenvalue weighted by atomic mass is 35.5. The van der Waals surface area contributed by atoms with Crippen LogP contribution in [0.1, 0.15) is 27.9 Å². The third-order valence-electron chi connectivity index (χ3n) is 5.46. The zero-order valence-electron chi connectivity index (χ0n) is 19.3. The van der Waals surface area contributed by atoms with E-state index in [4.69, 9.17) is 21.4 Å². The zero-order valence-corrected chi connectivity index (χ0v) is 20.0. The van der Waals surface area contributed by atoms with Crippen LogP contribution in [0.25, 0.3) is 11.1 Å². The molecule has 0 aromatic heterocycles. The topological polar surface area (TPSA) is 105 Å². The van der Waals surface area contributed by atoms with Crippen molar-refractivity contribution in [2.45, 2.75) is 25.4 Å². The number of carbonyl (C=O) groups excluding carboxylic acids is 2. The summed E-state index contributed by atoms with van der Waals surface area (Å²) in [6.45, 7) is 0.932. The number of nitrogens with one attached hydrogen (secondary N) is 2. The average Bonchev–Trinajstić information content (AvgIpc) is 2.86. The molecule has 1 atom stereocenters. The number of rotatable bonds is 11. The van der Waals surface area contributed by atoms with Gasteiger partial charge in [0.1, 0.15) is 6.04 Å². The van der Waals surface area contributed by atoms with Crippen LogP contribution in [0.3, 0.4) is 0 Å². The van der Waals surface area contributed by atoms with Crippen molar-refractivity contribution in [3.05, 3.63) is 94.5 Å². The first-order valence-electron chi connectivity index (χ1n) is 11.1. The zero-order chi connectivity index (χ0) is 25.2. The molecule has 1 amide bonds. The molecule has 182 valence electrons. The fraction of sp³-hybridized carbons (Fsp3) is 0.222. The first-order valence-corrected chi connectivity index (χ1v) is 11.5. The Morgan fingerprint density at radius 1 is 0.971 bits per heavy atom. The molecule has 0 saturated heterocycles. The summed E-state index contributed by atoms with van der Waals surface area (Å²) < 4.78 is 4.89. The fourth-order valence-electron chi connectivity index (χ4n) is 3.65. The lowest BCUT2D eigenvalue weighted by molar-refractivity contribution is -0.143. The predicted molar refractivity (Wildman–Crippen MR) is 134 cm³/mol. The molecular formula is C27H27ClN2O5. The standard InChI is InChI=1S/C27H27ClN2O5/c1-35-27(34)24(30-26(33)22-8-4-5-9-23(22)28)16-18-10-12-19(13-11-18)21-7-3-2-6-20(21)17-29-15-14-25(31)32/h2-13,24,29H,14-17H2,1H3,(H,30,33)(H,31,32)/t24-/m0/s1. The molecule has 0 heterocycles. The third-order valence-corrected chi connectivity index (χ3v) is 5.79. The Bertz CT molecular complexity index is 1180. The summed E-state index contributed by atoms with van der Waals surface area (Å²) in [7, 11) is 1.28. The molecule has 0 fully saturated rings. The van der Waals surface area contributed by atoms with Gasteiger partial charge in [0.2, 0.25) is 0 Å². The monoisotopic (exact) mass is 494 g/mol. The third kappa shape index (κ3) is 7.40. The highest BCUT2D eigenvalue weighted by molar-refractivity contribution is 6.33. The van der Waals surface area contributed by atoms with Crippen molar-refractivity contribution in [2.24, 2.45) is 0 Å². The molecule has 3 aromatic rings. The van der Waals surface area contributed by atoms with Gasteiger partial charge < -0.3 is 20.5 Å². The number of ether oxygens (including phenoxy) is 1. The summed E-state index contributed by atoms with van der Waals surface area (Å²) in [4.78, 5) is 35.7. The molecule has 0 aliphatic carbocycles. The van der Waals surface area contributed by atoms with E-state index in [2.05, 4.69) is 10.6 Å². The summed E-state index contributed by atoms with van der Waals surface area (Å²) in [6, 6.07) is 21.4. The van der Waals surface area contributed by atoms with Crippen LogP contribution in [0.15, 0.2) is 72.8 Å². The summed E-state index contributed by atoms with van der Waals surface area (Å²) in [6.07, 6.45) is 0.312. The molecule has 7 nitrogen and oxygen atoms in total. The minimum atomic E-state index is -0.875. The van der Waals surface area contributed by atoms with E-state index in [1.807, 2.05) is 48.5 Å². The van der Waals surface area contributed by atoms with Crippen molar-refractivity contribution in [3.63, 3.8) is 0 Å². The van der Waals surface area contributed by atoms with E-state index < -0.39 is 23.9 Å². The minimum Gasteiger partial charge on any atom is -0.481 e. The predicted octanol–water partition coefficient (Wildman–Crippen LogP) is 4.09. The molecule has 0 radical (unpaired) electrons. The van der Waals surface area contributed by atoms with Gasteiger partial charge in [-0.2, -0.15) is 0 Å². The largest absolute Gasteiger partial charge is 0.481 e. The van der Waals surface area contributed by atoms with Crippen molar-refractivity contribution >= 4 is 29.4 Å². The number of esters is 1. The number of carboxylic acids is 1. The van der Waals surface area contributed by atoms with Crippen LogP contribution in [0.4, 0.5) is 0 Å². The molecule has 35 heavy (non-hydrogen) atoms. The van der Waals surface area contributed by atoms with Gasteiger partial charge in [0.05, 0.1) is 24.1 Å². The second-order valence-electron chi connectivity index (χ2n) is 7.91. The molecule has 0 aliphatic heterocycles. The second kappa shape index (κ2) is 12.7. The smallest absolute Gasteiger partial charge is 0.328 e. The van der Waals surface area contributed by atoms with Gasteiger partial charge in [0.15, 0.2) is 0 Å². The van der Waals surface area contributed by atoms with Crippen LogP contribution in [0.5, 0.6) is 0 Å². The van der Waals surface area contributed by atoms with E-state index in [0.717, 1.165) is 22.3 Å². The molecular weight excluding hydrogens is 468 g/mol. The first kappa shape index (κ1) is 25.9. The molecule has 0 bridgehead atoms. The van der Waals surface area contributed by atoms with Gasteiger partial charge >= 0.3 is 11.9 Å². The number of hydrogen-bond acceptors (Lipinski definition) is 5. The Morgan fingerprint density at radius 2 is 1.66 bits per heavy atom.